The van der Waals surface area contributed by atoms with Gasteiger partial charge >= 0.3 is 6.03 Å². The predicted molar refractivity (Wildman–Crippen MR) is 148 cm³/mol. The van der Waals surface area contributed by atoms with Crippen LogP contribution < -0.4 is 9.64 Å². The first-order chi connectivity index (χ1) is 18.7. The molecule has 206 valence electrons. The molecule has 2 saturated heterocycles. The molecule has 1 unspecified atom stereocenters. The number of benzene rings is 2. The standard InChI is InChI=1S/C30H36FN5O3/c1-6-14-35-21(4)25(16-32-35)28(37)33-17-26(24-12-7-8-13-27(24)39-5)30(18-33)19-34(20(2)3)29(38)36(30)23-11-9-10-22(31)15-23/h7-13,15-16,20,26H,6,14,17-19H2,1-5H3/t26?,30-/m1/s1. The molecule has 5 rings (SSSR count). The summed E-state index contributed by atoms with van der Waals surface area (Å²) >= 11 is 0. The normalized spacial score (nSPS) is 21.1. The van der Waals surface area contributed by atoms with E-state index in [-0.39, 0.29) is 23.9 Å². The number of carbonyl (C=O) groups is 2. The largest absolute Gasteiger partial charge is 0.496 e. The number of para-hydroxylation sites is 1. The van der Waals surface area contributed by atoms with Crippen molar-refractivity contribution in [1.82, 2.24) is 19.6 Å². The van der Waals surface area contributed by atoms with Crippen molar-refractivity contribution in [1.29, 1.82) is 0 Å². The summed E-state index contributed by atoms with van der Waals surface area (Å²) in [6.07, 6.45) is 2.55. The van der Waals surface area contributed by atoms with E-state index in [1.54, 1.807) is 30.3 Å². The number of rotatable bonds is 7. The molecule has 9 heteroatoms. The summed E-state index contributed by atoms with van der Waals surface area (Å²) in [5.74, 6) is -0.129. The SMILES string of the molecule is CCCn1ncc(C(=O)N2CC(c3ccccc3OC)[C@@]3(C2)CN(C(C)C)C(=O)N3c2cccc(F)c2)c1C. The van der Waals surface area contributed by atoms with Crippen molar-refractivity contribution < 1.29 is 18.7 Å². The van der Waals surface area contributed by atoms with Crippen LogP contribution in [0, 0.1) is 12.7 Å². The van der Waals surface area contributed by atoms with Crippen LogP contribution in [0.2, 0.25) is 0 Å². The Morgan fingerprint density at radius 1 is 1.18 bits per heavy atom. The maximum absolute atomic E-state index is 14.5. The Morgan fingerprint density at radius 2 is 1.95 bits per heavy atom. The smallest absolute Gasteiger partial charge is 0.325 e. The summed E-state index contributed by atoms with van der Waals surface area (Å²) in [6, 6.07) is 13.6. The molecule has 2 fully saturated rings. The number of likely N-dealkylation sites (tertiary alicyclic amines) is 1. The van der Waals surface area contributed by atoms with E-state index in [0.29, 0.717) is 36.6 Å². The van der Waals surface area contributed by atoms with Crippen molar-refractivity contribution in [2.24, 2.45) is 0 Å². The van der Waals surface area contributed by atoms with E-state index < -0.39 is 11.4 Å². The van der Waals surface area contributed by atoms with Gasteiger partial charge in [-0.2, -0.15) is 5.10 Å². The molecule has 0 aliphatic carbocycles. The van der Waals surface area contributed by atoms with Gasteiger partial charge in [-0.15, -0.1) is 0 Å². The zero-order chi connectivity index (χ0) is 27.9. The molecule has 3 aromatic rings. The number of hydrogen-bond donors (Lipinski definition) is 0. The molecular weight excluding hydrogens is 497 g/mol. The summed E-state index contributed by atoms with van der Waals surface area (Å²) in [7, 11) is 1.62. The minimum absolute atomic E-state index is 0.0782. The Bertz CT molecular complexity index is 1390. The highest BCUT2D eigenvalue weighted by Crippen LogP contribution is 2.49. The van der Waals surface area contributed by atoms with Gasteiger partial charge in [0.05, 0.1) is 24.4 Å². The third kappa shape index (κ3) is 4.43. The van der Waals surface area contributed by atoms with Crippen molar-refractivity contribution in [3.63, 3.8) is 0 Å². The second-order valence-electron chi connectivity index (χ2n) is 10.8. The van der Waals surface area contributed by atoms with Gasteiger partial charge in [-0.1, -0.05) is 31.2 Å². The van der Waals surface area contributed by atoms with Crippen molar-refractivity contribution in [2.45, 2.75) is 58.2 Å². The van der Waals surface area contributed by atoms with Crippen LogP contribution >= 0.6 is 0 Å². The van der Waals surface area contributed by atoms with Crippen LogP contribution in [0.3, 0.4) is 0 Å². The Hall–Kier alpha value is -3.88. The second kappa shape index (κ2) is 10.4. The highest BCUT2D eigenvalue weighted by molar-refractivity contribution is 5.99. The lowest BCUT2D eigenvalue weighted by atomic mass is 9.80. The number of urea groups is 1. The molecule has 2 aliphatic heterocycles. The van der Waals surface area contributed by atoms with E-state index in [9.17, 15) is 14.0 Å². The topological polar surface area (TPSA) is 70.9 Å². The van der Waals surface area contributed by atoms with Crippen LogP contribution in [0.4, 0.5) is 14.9 Å². The van der Waals surface area contributed by atoms with E-state index in [1.807, 2.05) is 59.5 Å². The summed E-state index contributed by atoms with van der Waals surface area (Å²) < 4.78 is 22.1. The molecule has 2 atom stereocenters. The first-order valence-corrected chi connectivity index (χ1v) is 13.5. The summed E-state index contributed by atoms with van der Waals surface area (Å²) in [4.78, 5) is 33.4. The number of anilines is 1. The molecule has 0 radical (unpaired) electrons. The number of methoxy groups -OCH3 is 1. The Kier molecular flexibility index (Phi) is 7.09. The molecule has 3 amide bonds. The molecule has 0 N–H and O–H groups in total. The predicted octanol–water partition coefficient (Wildman–Crippen LogP) is 5.08. The fourth-order valence-electron chi connectivity index (χ4n) is 6.18. The zero-order valence-corrected chi connectivity index (χ0v) is 23.2. The number of nitrogens with zero attached hydrogens (tertiary/aromatic N) is 5. The molecule has 2 aliphatic rings. The Balaban J connectivity index is 1.66. The van der Waals surface area contributed by atoms with E-state index in [4.69, 9.17) is 4.74 Å². The van der Waals surface area contributed by atoms with Gasteiger partial charge in [0.1, 0.15) is 11.6 Å². The van der Waals surface area contributed by atoms with Gasteiger partial charge in [0, 0.05) is 55.1 Å². The molecule has 8 nitrogen and oxygen atoms in total. The first kappa shape index (κ1) is 26.7. The highest BCUT2D eigenvalue weighted by Gasteiger charge is 2.61. The fraction of sp³-hybridized carbons (Fsp3) is 0.433. The van der Waals surface area contributed by atoms with E-state index in [0.717, 1.165) is 24.2 Å². The van der Waals surface area contributed by atoms with Crippen molar-refractivity contribution >= 4 is 17.6 Å². The van der Waals surface area contributed by atoms with Gasteiger partial charge in [-0.25, -0.2) is 9.18 Å². The van der Waals surface area contributed by atoms with Gasteiger partial charge in [0.25, 0.3) is 5.91 Å². The van der Waals surface area contributed by atoms with Crippen LogP contribution in [-0.4, -0.2) is 69.8 Å². The number of hydrogen-bond acceptors (Lipinski definition) is 4. The molecule has 1 spiro atoms. The van der Waals surface area contributed by atoms with Gasteiger partial charge in [0.2, 0.25) is 0 Å². The van der Waals surface area contributed by atoms with Gasteiger partial charge in [0.15, 0.2) is 0 Å². The third-order valence-corrected chi connectivity index (χ3v) is 8.10. The third-order valence-electron chi connectivity index (χ3n) is 8.10. The molecule has 0 saturated carbocycles. The molecule has 0 bridgehead atoms. The van der Waals surface area contributed by atoms with Crippen molar-refractivity contribution in [3.8, 4) is 5.75 Å². The van der Waals surface area contributed by atoms with Crippen molar-refractivity contribution in [3.05, 3.63) is 77.4 Å². The molecule has 2 aromatic carbocycles. The van der Waals surface area contributed by atoms with Crippen LogP contribution in [-0.2, 0) is 6.54 Å². The number of halogens is 1. The second-order valence-corrected chi connectivity index (χ2v) is 10.8. The lowest BCUT2D eigenvalue weighted by Crippen LogP contribution is -2.53. The maximum atomic E-state index is 14.5. The number of carbonyl (C=O) groups excluding carboxylic acids is 2. The minimum atomic E-state index is -0.841. The summed E-state index contributed by atoms with van der Waals surface area (Å²) in [6.45, 7) is 9.73. The number of ether oxygens (including phenoxy) is 1. The Morgan fingerprint density at radius 3 is 2.64 bits per heavy atom. The van der Waals surface area contributed by atoms with Gasteiger partial charge in [-0.05, 0) is 51.5 Å². The van der Waals surface area contributed by atoms with Gasteiger partial charge < -0.3 is 14.5 Å². The average molecular weight is 534 g/mol. The number of aromatic nitrogens is 2. The summed E-state index contributed by atoms with van der Waals surface area (Å²) in [5, 5.41) is 4.45. The van der Waals surface area contributed by atoms with E-state index in [2.05, 4.69) is 12.0 Å². The van der Waals surface area contributed by atoms with Crippen LogP contribution in [0.15, 0.2) is 54.7 Å². The van der Waals surface area contributed by atoms with Crippen molar-refractivity contribution in [2.75, 3.05) is 31.6 Å². The van der Waals surface area contributed by atoms with Gasteiger partial charge in [-0.3, -0.25) is 14.4 Å². The lowest BCUT2D eigenvalue weighted by Gasteiger charge is -2.38. The quantitative estimate of drug-likeness (QED) is 0.425. The van der Waals surface area contributed by atoms with Crippen LogP contribution in [0.1, 0.15) is 54.7 Å². The van der Waals surface area contributed by atoms with Crippen LogP contribution in [0.5, 0.6) is 5.75 Å². The minimum Gasteiger partial charge on any atom is -0.496 e. The van der Waals surface area contributed by atoms with E-state index in [1.165, 1.54) is 12.1 Å². The fourth-order valence-corrected chi connectivity index (χ4v) is 6.18. The monoisotopic (exact) mass is 533 g/mol. The van der Waals surface area contributed by atoms with E-state index >= 15 is 0 Å². The summed E-state index contributed by atoms with van der Waals surface area (Å²) in [5.41, 5.74) is 1.93. The lowest BCUT2D eigenvalue weighted by molar-refractivity contribution is 0.0782. The molecule has 39 heavy (non-hydrogen) atoms. The number of aryl methyl sites for hydroxylation is 1. The van der Waals surface area contributed by atoms with Crippen LogP contribution in [0.25, 0.3) is 0 Å². The zero-order valence-electron chi connectivity index (χ0n) is 23.2. The molecular formula is C30H36FN5O3. The maximum Gasteiger partial charge on any atom is 0.325 e. The highest BCUT2D eigenvalue weighted by atomic mass is 19.1. The molecule has 3 heterocycles. The molecule has 1 aromatic heterocycles. The number of amides is 3. The first-order valence-electron chi connectivity index (χ1n) is 13.5. The average Bonchev–Trinajstić information content (AvgIpc) is 3.57. The Labute approximate surface area is 228 Å².